The molecule has 82 valence electrons. The van der Waals surface area contributed by atoms with Crippen LogP contribution >= 0.6 is 11.6 Å². The number of halogens is 1. The largest absolute Gasteiger partial charge is 0.493 e. The molecule has 0 unspecified atom stereocenters. The average molecular weight is 234 g/mol. The van der Waals surface area contributed by atoms with Crippen molar-refractivity contribution in [3.8, 4) is 5.75 Å². The predicted molar refractivity (Wildman–Crippen MR) is 66.0 cm³/mol. The molecule has 0 fully saturated rings. The van der Waals surface area contributed by atoms with Crippen LogP contribution in [0.5, 0.6) is 5.75 Å². The minimum atomic E-state index is 0.0332. The number of rotatable bonds is 0. The van der Waals surface area contributed by atoms with Gasteiger partial charge in [0.15, 0.2) is 0 Å². The van der Waals surface area contributed by atoms with Gasteiger partial charge in [0.2, 0.25) is 0 Å². The van der Waals surface area contributed by atoms with E-state index in [1.807, 2.05) is 30.3 Å². The molecule has 2 nitrogen and oxygen atoms in total. The van der Waals surface area contributed by atoms with Crippen LogP contribution in [0.15, 0.2) is 30.3 Å². The summed E-state index contributed by atoms with van der Waals surface area (Å²) in [5, 5.41) is 2.83. The molecule has 0 aliphatic carbocycles. The molecule has 2 N–H and O–H groups in total. The molecule has 0 radical (unpaired) electrons. The molecule has 1 atom stereocenters. The van der Waals surface area contributed by atoms with Crippen LogP contribution in [0.1, 0.15) is 18.0 Å². The van der Waals surface area contributed by atoms with E-state index in [4.69, 9.17) is 22.1 Å². The van der Waals surface area contributed by atoms with Crippen molar-refractivity contribution in [2.24, 2.45) is 5.73 Å². The molecule has 1 heterocycles. The van der Waals surface area contributed by atoms with Gasteiger partial charge in [0.05, 0.1) is 6.61 Å². The summed E-state index contributed by atoms with van der Waals surface area (Å²) in [6, 6.07) is 9.96. The number of hydrogen-bond acceptors (Lipinski definition) is 2. The molecule has 2 aromatic carbocycles. The fourth-order valence-corrected chi connectivity index (χ4v) is 2.49. The minimum absolute atomic E-state index is 0.0332. The predicted octanol–water partition coefficient (Wildman–Crippen LogP) is 3.28. The molecule has 0 saturated heterocycles. The number of hydrogen-bond donors (Lipinski definition) is 1. The van der Waals surface area contributed by atoms with Crippen LogP contribution in [0, 0.1) is 0 Å². The van der Waals surface area contributed by atoms with Crippen LogP contribution in [0.2, 0.25) is 5.02 Å². The SMILES string of the molecule is N[C@H]1CCOc2c1cc(Cl)c1ccccc21. The summed E-state index contributed by atoms with van der Waals surface area (Å²) >= 11 is 6.25. The number of ether oxygens (including phenoxy) is 1. The summed E-state index contributed by atoms with van der Waals surface area (Å²) < 4.78 is 5.72. The third kappa shape index (κ3) is 1.38. The monoisotopic (exact) mass is 233 g/mol. The summed E-state index contributed by atoms with van der Waals surface area (Å²) in [5.41, 5.74) is 7.09. The molecule has 0 spiro atoms. The van der Waals surface area contributed by atoms with Crippen molar-refractivity contribution in [1.29, 1.82) is 0 Å². The molecule has 0 saturated carbocycles. The Bertz CT molecular complexity index is 553. The molecule has 16 heavy (non-hydrogen) atoms. The van der Waals surface area contributed by atoms with Gasteiger partial charge in [-0.15, -0.1) is 0 Å². The zero-order chi connectivity index (χ0) is 11.1. The van der Waals surface area contributed by atoms with Gasteiger partial charge in [0.1, 0.15) is 5.75 Å². The fraction of sp³-hybridized carbons (Fsp3) is 0.231. The zero-order valence-corrected chi connectivity index (χ0v) is 9.50. The summed E-state index contributed by atoms with van der Waals surface area (Å²) in [5.74, 6) is 0.902. The lowest BCUT2D eigenvalue weighted by Gasteiger charge is -2.24. The van der Waals surface area contributed by atoms with Crippen molar-refractivity contribution in [2.45, 2.75) is 12.5 Å². The third-order valence-electron chi connectivity index (χ3n) is 3.05. The topological polar surface area (TPSA) is 35.2 Å². The van der Waals surface area contributed by atoms with Gasteiger partial charge in [-0.1, -0.05) is 35.9 Å². The second kappa shape index (κ2) is 3.65. The Morgan fingerprint density at radius 2 is 2.00 bits per heavy atom. The molecule has 0 bridgehead atoms. The molecule has 1 aliphatic heterocycles. The Morgan fingerprint density at radius 3 is 2.81 bits per heavy atom. The van der Waals surface area contributed by atoms with E-state index >= 15 is 0 Å². The molecular formula is C13H12ClNO. The first-order valence-corrected chi connectivity index (χ1v) is 5.74. The normalized spacial score (nSPS) is 19.2. The van der Waals surface area contributed by atoms with Crippen LogP contribution in [-0.2, 0) is 0 Å². The Morgan fingerprint density at radius 1 is 1.25 bits per heavy atom. The summed E-state index contributed by atoms with van der Waals surface area (Å²) in [4.78, 5) is 0. The van der Waals surface area contributed by atoms with Crippen LogP contribution in [-0.4, -0.2) is 6.61 Å². The maximum absolute atomic E-state index is 6.25. The second-order valence-electron chi connectivity index (χ2n) is 4.07. The van der Waals surface area contributed by atoms with Crippen molar-refractivity contribution in [2.75, 3.05) is 6.61 Å². The van der Waals surface area contributed by atoms with Crippen molar-refractivity contribution in [3.05, 3.63) is 40.9 Å². The molecule has 3 heteroatoms. The molecule has 0 amide bonds. The summed E-state index contributed by atoms with van der Waals surface area (Å²) in [6.45, 7) is 0.680. The lowest BCUT2D eigenvalue weighted by molar-refractivity contribution is 0.272. The van der Waals surface area contributed by atoms with E-state index < -0.39 is 0 Å². The number of fused-ring (bicyclic) bond motifs is 3. The van der Waals surface area contributed by atoms with Gasteiger partial charge in [-0.05, 0) is 6.07 Å². The molecule has 2 aromatic rings. The zero-order valence-electron chi connectivity index (χ0n) is 8.74. The van der Waals surface area contributed by atoms with Gasteiger partial charge in [-0.3, -0.25) is 0 Å². The smallest absolute Gasteiger partial charge is 0.131 e. The maximum atomic E-state index is 6.25. The van der Waals surface area contributed by atoms with E-state index in [-0.39, 0.29) is 6.04 Å². The van der Waals surface area contributed by atoms with E-state index in [1.54, 1.807) is 0 Å². The Kier molecular flexibility index (Phi) is 2.27. The highest BCUT2D eigenvalue weighted by atomic mass is 35.5. The van der Waals surface area contributed by atoms with E-state index in [1.165, 1.54) is 0 Å². The number of benzene rings is 2. The van der Waals surface area contributed by atoms with Gasteiger partial charge in [-0.2, -0.15) is 0 Å². The van der Waals surface area contributed by atoms with Gasteiger partial charge < -0.3 is 10.5 Å². The Labute approximate surface area is 99.0 Å². The highest BCUT2D eigenvalue weighted by Crippen LogP contribution is 2.40. The van der Waals surface area contributed by atoms with E-state index in [9.17, 15) is 0 Å². The first-order chi connectivity index (χ1) is 7.77. The third-order valence-corrected chi connectivity index (χ3v) is 3.36. The molecular weight excluding hydrogens is 222 g/mol. The fourth-order valence-electron chi connectivity index (χ4n) is 2.20. The van der Waals surface area contributed by atoms with Crippen molar-refractivity contribution < 1.29 is 4.74 Å². The first kappa shape index (κ1) is 9.94. The maximum Gasteiger partial charge on any atom is 0.131 e. The summed E-state index contributed by atoms with van der Waals surface area (Å²) in [7, 11) is 0. The highest BCUT2D eigenvalue weighted by Gasteiger charge is 2.21. The van der Waals surface area contributed by atoms with Crippen LogP contribution in [0.3, 0.4) is 0 Å². The summed E-state index contributed by atoms with van der Waals surface area (Å²) in [6.07, 6.45) is 0.849. The van der Waals surface area contributed by atoms with Gasteiger partial charge in [0.25, 0.3) is 0 Å². The second-order valence-corrected chi connectivity index (χ2v) is 4.47. The Hall–Kier alpha value is -1.25. The lowest BCUT2D eigenvalue weighted by atomic mass is 9.97. The standard InChI is InChI=1S/C13H12ClNO/c14-11-7-10-12(15)5-6-16-13(10)9-4-2-1-3-8(9)11/h1-4,7,12H,5-6,15H2/t12-/m0/s1. The van der Waals surface area contributed by atoms with Gasteiger partial charge in [0, 0.05) is 33.8 Å². The van der Waals surface area contributed by atoms with Crippen molar-refractivity contribution in [3.63, 3.8) is 0 Å². The molecule has 1 aliphatic rings. The van der Waals surface area contributed by atoms with Crippen molar-refractivity contribution >= 4 is 22.4 Å². The average Bonchev–Trinajstić information content (AvgIpc) is 2.31. The first-order valence-electron chi connectivity index (χ1n) is 5.37. The number of nitrogens with two attached hydrogens (primary N) is 1. The van der Waals surface area contributed by atoms with Crippen LogP contribution in [0.25, 0.3) is 10.8 Å². The van der Waals surface area contributed by atoms with E-state index in [2.05, 4.69) is 0 Å². The molecule has 3 rings (SSSR count). The lowest BCUT2D eigenvalue weighted by Crippen LogP contribution is -2.20. The van der Waals surface area contributed by atoms with Crippen LogP contribution in [0.4, 0.5) is 0 Å². The minimum Gasteiger partial charge on any atom is -0.493 e. The molecule has 0 aromatic heterocycles. The highest BCUT2D eigenvalue weighted by molar-refractivity contribution is 6.36. The Balaban J connectivity index is 2.38. The van der Waals surface area contributed by atoms with E-state index in [0.717, 1.165) is 33.5 Å². The van der Waals surface area contributed by atoms with Gasteiger partial charge >= 0.3 is 0 Å². The van der Waals surface area contributed by atoms with Crippen molar-refractivity contribution in [1.82, 2.24) is 0 Å². The quantitative estimate of drug-likeness (QED) is 0.758. The van der Waals surface area contributed by atoms with E-state index in [0.29, 0.717) is 6.61 Å². The van der Waals surface area contributed by atoms with Gasteiger partial charge in [-0.25, -0.2) is 0 Å². The van der Waals surface area contributed by atoms with Crippen LogP contribution < -0.4 is 10.5 Å².